The predicted molar refractivity (Wildman–Crippen MR) is 86.1 cm³/mol. The summed E-state index contributed by atoms with van der Waals surface area (Å²) in [5.41, 5.74) is 9.34. The molecule has 21 heavy (non-hydrogen) atoms. The highest BCUT2D eigenvalue weighted by Crippen LogP contribution is 2.45. The van der Waals surface area contributed by atoms with Crippen LogP contribution in [-0.4, -0.2) is 34.3 Å². The van der Waals surface area contributed by atoms with E-state index in [1.54, 1.807) is 0 Å². The van der Waals surface area contributed by atoms with E-state index in [9.17, 15) is 0 Å². The Morgan fingerprint density at radius 1 is 1.19 bits per heavy atom. The zero-order valence-electron chi connectivity index (χ0n) is 13.6. The summed E-state index contributed by atoms with van der Waals surface area (Å²) in [4.78, 5) is 2.60. The molecule has 3 rings (SSSR count). The first-order valence-electron chi connectivity index (χ1n) is 8.58. The standard InChI is InChI=1S/C17H30N4/c1-14-15(13-19-20(14)2)16(12-18)21-10-8-17(9-11-21)6-4-3-5-7-17/h13,16H,3-12,18H2,1-2H3. The molecule has 2 aliphatic rings. The van der Waals surface area contributed by atoms with E-state index < -0.39 is 0 Å². The number of rotatable bonds is 3. The summed E-state index contributed by atoms with van der Waals surface area (Å²) in [5.74, 6) is 0. The summed E-state index contributed by atoms with van der Waals surface area (Å²) in [6, 6.07) is 0.347. The summed E-state index contributed by atoms with van der Waals surface area (Å²) in [7, 11) is 2.01. The van der Waals surface area contributed by atoms with Crippen molar-refractivity contribution in [2.75, 3.05) is 19.6 Å². The molecule has 2 heterocycles. The second kappa shape index (κ2) is 6.09. The van der Waals surface area contributed by atoms with Crippen molar-refractivity contribution in [3.05, 3.63) is 17.5 Å². The molecule has 4 nitrogen and oxygen atoms in total. The van der Waals surface area contributed by atoms with Gasteiger partial charge in [0.25, 0.3) is 0 Å². The average Bonchev–Trinajstić information content (AvgIpc) is 2.84. The number of nitrogens with zero attached hydrogens (tertiary/aromatic N) is 3. The first-order valence-corrected chi connectivity index (χ1v) is 8.58. The van der Waals surface area contributed by atoms with Gasteiger partial charge in [0.05, 0.1) is 12.2 Å². The minimum atomic E-state index is 0.347. The molecule has 1 aromatic heterocycles. The molecule has 4 heteroatoms. The third-order valence-corrected chi connectivity index (χ3v) is 6.07. The Kier molecular flexibility index (Phi) is 4.36. The average molecular weight is 290 g/mol. The first-order chi connectivity index (χ1) is 10.2. The molecule has 2 fully saturated rings. The molecule has 1 aromatic rings. The van der Waals surface area contributed by atoms with Crippen molar-refractivity contribution in [2.24, 2.45) is 18.2 Å². The molecule has 1 atom stereocenters. The monoisotopic (exact) mass is 290 g/mol. The van der Waals surface area contributed by atoms with E-state index in [4.69, 9.17) is 5.73 Å². The number of hydrogen-bond acceptors (Lipinski definition) is 3. The summed E-state index contributed by atoms with van der Waals surface area (Å²) >= 11 is 0. The minimum Gasteiger partial charge on any atom is -0.329 e. The van der Waals surface area contributed by atoms with E-state index in [0.29, 0.717) is 18.0 Å². The second-order valence-corrected chi connectivity index (χ2v) is 7.16. The van der Waals surface area contributed by atoms with Gasteiger partial charge in [-0.15, -0.1) is 0 Å². The van der Waals surface area contributed by atoms with Crippen LogP contribution in [0.15, 0.2) is 6.20 Å². The molecule has 1 spiro atoms. The van der Waals surface area contributed by atoms with Crippen LogP contribution < -0.4 is 5.73 Å². The zero-order valence-corrected chi connectivity index (χ0v) is 13.6. The van der Waals surface area contributed by atoms with E-state index in [1.165, 1.54) is 69.3 Å². The van der Waals surface area contributed by atoms with Gasteiger partial charge in [0.1, 0.15) is 0 Å². The number of hydrogen-bond donors (Lipinski definition) is 1. The first kappa shape index (κ1) is 15.0. The predicted octanol–water partition coefficient (Wildman–Crippen LogP) is 2.77. The molecular weight excluding hydrogens is 260 g/mol. The van der Waals surface area contributed by atoms with Gasteiger partial charge in [-0.2, -0.15) is 5.10 Å². The molecule has 2 N–H and O–H groups in total. The van der Waals surface area contributed by atoms with Gasteiger partial charge in [0.15, 0.2) is 0 Å². The van der Waals surface area contributed by atoms with E-state index in [1.807, 2.05) is 17.9 Å². The van der Waals surface area contributed by atoms with Crippen molar-refractivity contribution < 1.29 is 0 Å². The Morgan fingerprint density at radius 3 is 2.38 bits per heavy atom. The van der Waals surface area contributed by atoms with E-state index in [0.717, 1.165) is 0 Å². The van der Waals surface area contributed by atoms with E-state index in [2.05, 4.69) is 16.9 Å². The number of likely N-dealkylation sites (tertiary alicyclic amines) is 1. The fourth-order valence-electron chi connectivity index (χ4n) is 4.43. The van der Waals surface area contributed by atoms with Crippen LogP contribution in [0.3, 0.4) is 0 Å². The van der Waals surface area contributed by atoms with Crippen molar-refractivity contribution in [3.8, 4) is 0 Å². The Morgan fingerprint density at radius 2 is 1.86 bits per heavy atom. The van der Waals surface area contributed by atoms with E-state index in [-0.39, 0.29) is 0 Å². The van der Waals surface area contributed by atoms with Gasteiger partial charge in [0, 0.05) is 24.8 Å². The fraction of sp³-hybridized carbons (Fsp3) is 0.824. The molecule has 118 valence electrons. The maximum absolute atomic E-state index is 6.11. The lowest BCUT2D eigenvalue weighted by atomic mass is 9.68. The molecule has 1 unspecified atom stereocenters. The fourth-order valence-corrected chi connectivity index (χ4v) is 4.43. The lowest BCUT2D eigenvalue weighted by molar-refractivity contribution is 0.0463. The van der Waals surface area contributed by atoms with Crippen molar-refractivity contribution in [3.63, 3.8) is 0 Å². The summed E-state index contributed by atoms with van der Waals surface area (Å²) in [6.45, 7) is 5.25. The van der Waals surface area contributed by atoms with Crippen LogP contribution in [0, 0.1) is 12.3 Å². The SMILES string of the molecule is Cc1c(C(CN)N2CCC3(CCCCC3)CC2)cnn1C. The Bertz CT molecular complexity index is 463. The Labute approximate surface area is 128 Å². The topological polar surface area (TPSA) is 47.1 Å². The minimum absolute atomic E-state index is 0.347. The van der Waals surface area contributed by atoms with Crippen molar-refractivity contribution in [1.29, 1.82) is 0 Å². The van der Waals surface area contributed by atoms with E-state index >= 15 is 0 Å². The number of piperidine rings is 1. The Balaban J connectivity index is 1.68. The van der Waals surface area contributed by atoms with Gasteiger partial charge in [-0.3, -0.25) is 9.58 Å². The summed E-state index contributed by atoms with van der Waals surface area (Å²) < 4.78 is 1.96. The van der Waals surface area contributed by atoms with Crippen molar-refractivity contribution >= 4 is 0 Å². The highest BCUT2D eigenvalue weighted by atomic mass is 15.3. The van der Waals surface area contributed by atoms with Gasteiger partial charge >= 0.3 is 0 Å². The lowest BCUT2D eigenvalue weighted by Crippen LogP contribution is -2.44. The maximum Gasteiger partial charge on any atom is 0.0540 e. The molecule has 1 saturated heterocycles. The highest BCUT2D eigenvalue weighted by molar-refractivity contribution is 5.21. The van der Waals surface area contributed by atoms with Gasteiger partial charge in [-0.05, 0) is 51.1 Å². The van der Waals surface area contributed by atoms with Crippen LogP contribution in [-0.2, 0) is 7.05 Å². The van der Waals surface area contributed by atoms with Crippen LogP contribution in [0.25, 0.3) is 0 Å². The van der Waals surface area contributed by atoms with Crippen LogP contribution in [0.4, 0.5) is 0 Å². The van der Waals surface area contributed by atoms with Crippen molar-refractivity contribution in [1.82, 2.24) is 14.7 Å². The van der Waals surface area contributed by atoms with Crippen LogP contribution in [0.5, 0.6) is 0 Å². The maximum atomic E-state index is 6.11. The second-order valence-electron chi connectivity index (χ2n) is 7.16. The molecular formula is C17H30N4. The normalized spacial score (nSPS) is 24.3. The third-order valence-electron chi connectivity index (χ3n) is 6.07. The largest absolute Gasteiger partial charge is 0.329 e. The smallest absolute Gasteiger partial charge is 0.0540 e. The van der Waals surface area contributed by atoms with Gasteiger partial charge in [0.2, 0.25) is 0 Å². The molecule has 1 aliphatic heterocycles. The van der Waals surface area contributed by atoms with Crippen molar-refractivity contribution in [2.45, 2.75) is 57.9 Å². The van der Waals surface area contributed by atoms with Gasteiger partial charge in [-0.25, -0.2) is 0 Å². The molecule has 0 amide bonds. The Hall–Kier alpha value is -0.870. The molecule has 0 aromatic carbocycles. The van der Waals surface area contributed by atoms with Crippen LogP contribution in [0.1, 0.15) is 62.2 Å². The van der Waals surface area contributed by atoms with Gasteiger partial charge < -0.3 is 5.73 Å². The number of aromatic nitrogens is 2. The summed E-state index contributed by atoms with van der Waals surface area (Å²) in [6.07, 6.45) is 12.0. The quantitative estimate of drug-likeness (QED) is 0.931. The third kappa shape index (κ3) is 2.88. The van der Waals surface area contributed by atoms with Crippen LogP contribution >= 0.6 is 0 Å². The number of aryl methyl sites for hydroxylation is 1. The molecule has 0 bridgehead atoms. The molecule has 1 aliphatic carbocycles. The molecule has 1 saturated carbocycles. The number of nitrogens with two attached hydrogens (primary N) is 1. The summed E-state index contributed by atoms with van der Waals surface area (Å²) in [5, 5.41) is 4.40. The molecule has 0 radical (unpaired) electrons. The van der Waals surface area contributed by atoms with Crippen LogP contribution in [0.2, 0.25) is 0 Å². The zero-order chi connectivity index (χ0) is 14.9. The highest BCUT2D eigenvalue weighted by Gasteiger charge is 2.37. The van der Waals surface area contributed by atoms with Gasteiger partial charge in [-0.1, -0.05) is 19.3 Å². The lowest BCUT2D eigenvalue weighted by Gasteiger charge is -2.46.